The summed E-state index contributed by atoms with van der Waals surface area (Å²) < 4.78 is 12.3. The van der Waals surface area contributed by atoms with Crippen LogP contribution in [0.5, 0.6) is 0 Å². The topological polar surface area (TPSA) is 26.0 Å². The van der Waals surface area contributed by atoms with Crippen molar-refractivity contribution in [3.8, 4) is 0 Å². The van der Waals surface area contributed by atoms with Crippen molar-refractivity contribution in [2.24, 2.45) is 5.73 Å². The Labute approximate surface area is 47.6 Å². The highest BCUT2D eigenvalue weighted by Crippen LogP contribution is 2.30. The van der Waals surface area contributed by atoms with Crippen LogP contribution in [-0.4, -0.2) is 11.2 Å². The van der Waals surface area contributed by atoms with E-state index in [-0.39, 0.29) is 0 Å². The van der Waals surface area contributed by atoms with Gasteiger partial charge in [-0.3, -0.25) is 0 Å². The molecule has 3 unspecified atom stereocenters. The maximum absolute atomic E-state index is 12.3. The van der Waals surface area contributed by atoms with Crippen LogP contribution in [0.15, 0.2) is 0 Å². The van der Waals surface area contributed by atoms with Crippen LogP contribution in [0.25, 0.3) is 0 Å². The summed E-state index contributed by atoms with van der Waals surface area (Å²) in [6, 6.07) is -0.442. The van der Waals surface area contributed by atoms with Crippen molar-refractivity contribution >= 4 is 18.5 Å². The number of hydrogen-bond acceptors (Lipinski definition) is 1. The molecule has 0 fully saturated rings. The molecule has 0 aromatic rings. The van der Waals surface area contributed by atoms with Crippen molar-refractivity contribution in [2.45, 2.75) is 18.1 Å². The van der Waals surface area contributed by atoms with Gasteiger partial charge < -0.3 is 5.73 Å². The number of rotatable bonds is 1. The van der Waals surface area contributed by atoms with Crippen LogP contribution in [0, 0.1) is 0 Å². The summed E-state index contributed by atoms with van der Waals surface area (Å²) in [4.78, 5) is 0. The summed E-state index contributed by atoms with van der Waals surface area (Å²) in [6.45, 7) is 1.61. The second-order valence-electron chi connectivity index (χ2n) is 1.62. The van der Waals surface area contributed by atoms with Gasteiger partial charge in [-0.2, -0.15) is 0 Å². The minimum Gasteiger partial charge on any atom is -0.325 e. The van der Waals surface area contributed by atoms with Crippen LogP contribution in [0.3, 0.4) is 0 Å². The monoisotopic (exact) mass is 141 g/mol. The molecule has 0 rings (SSSR count). The van der Waals surface area contributed by atoms with Crippen LogP contribution in [-0.2, 0) is 0 Å². The van der Waals surface area contributed by atoms with Crippen LogP contribution >= 0.6 is 18.5 Å². The van der Waals surface area contributed by atoms with Gasteiger partial charge in [-0.05, 0) is 6.92 Å². The van der Waals surface area contributed by atoms with Crippen molar-refractivity contribution in [1.29, 1.82) is 0 Å². The predicted octanol–water partition coefficient (Wildman–Crippen LogP) is 0.707. The van der Waals surface area contributed by atoms with E-state index in [1.165, 1.54) is 0 Å². The number of alkyl halides is 1. The Balaban J connectivity index is 3.54. The van der Waals surface area contributed by atoms with E-state index in [1.807, 2.05) is 18.5 Å². The Kier molecular flexibility index (Phi) is 2.60. The molecule has 3 atom stereocenters. The fourth-order valence-electron chi connectivity index (χ4n) is 0. The minimum atomic E-state index is -1.39. The van der Waals surface area contributed by atoms with Gasteiger partial charge in [-0.25, -0.2) is 4.39 Å². The zero-order valence-corrected chi connectivity index (χ0v) is 6.50. The molecule has 7 heavy (non-hydrogen) atoms. The lowest BCUT2D eigenvalue weighted by molar-refractivity contribution is 0.362. The van der Waals surface area contributed by atoms with Gasteiger partial charge in [-0.1, -0.05) is 18.5 Å². The van der Waals surface area contributed by atoms with E-state index in [4.69, 9.17) is 5.73 Å². The molecular weight excluding hydrogens is 131 g/mol. The van der Waals surface area contributed by atoms with Gasteiger partial charge in [0.15, 0.2) is 5.15 Å². The van der Waals surface area contributed by atoms with Gasteiger partial charge in [0, 0.05) is 6.04 Å². The molecule has 0 saturated heterocycles. The summed E-state index contributed by atoms with van der Waals surface area (Å²) in [5.74, 6) is 0. The third-order valence-electron chi connectivity index (χ3n) is 0.698. The number of nitrogens with two attached hydrogens (primary N) is 1. The molecule has 0 aromatic heterocycles. The van der Waals surface area contributed by atoms with Crippen molar-refractivity contribution in [3.63, 3.8) is 0 Å². The lowest BCUT2D eigenvalue weighted by Crippen LogP contribution is -2.30. The zero-order valence-electron chi connectivity index (χ0n) is 4.19. The van der Waals surface area contributed by atoms with E-state index < -0.39 is 11.2 Å². The Bertz CT molecular complexity index is 58.4. The van der Waals surface area contributed by atoms with Gasteiger partial charge >= 0.3 is 0 Å². The Morgan fingerprint density at radius 3 is 1.86 bits per heavy atom. The molecule has 0 bridgehead atoms. The van der Waals surface area contributed by atoms with E-state index in [1.54, 1.807) is 6.92 Å². The van der Waals surface area contributed by atoms with E-state index >= 15 is 0 Å². The molecule has 0 aliphatic rings. The van der Waals surface area contributed by atoms with Gasteiger partial charge in [0.05, 0.1) is 0 Å². The molecule has 0 aliphatic heterocycles. The second-order valence-corrected chi connectivity index (χ2v) is 4.05. The first-order valence-corrected chi connectivity index (χ1v) is 3.12. The summed E-state index contributed by atoms with van der Waals surface area (Å²) in [5.41, 5.74) is 5.15. The molecule has 2 N–H and O–H groups in total. The first kappa shape index (κ1) is 7.75. The highest BCUT2D eigenvalue weighted by Gasteiger charge is 2.20. The standard InChI is InChI=1S/C3H10FNP2/c1-2(5)3(4,6)7/h2H,5-7H2,1H3. The maximum Gasteiger partial charge on any atom is 0.150 e. The molecule has 4 heteroatoms. The van der Waals surface area contributed by atoms with Crippen LogP contribution in [0.1, 0.15) is 6.92 Å². The Hall–Kier alpha value is 0.750. The Morgan fingerprint density at radius 1 is 1.71 bits per heavy atom. The summed E-state index contributed by atoms with van der Waals surface area (Å²) in [7, 11) is 4.00. The molecule has 0 saturated carbocycles. The SMILES string of the molecule is CC(N)C(F)(P)P. The fourth-order valence-corrected chi connectivity index (χ4v) is 0. The van der Waals surface area contributed by atoms with Gasteiger partial charge in [-0.15, -0.1) is 0 Å². The molecule has 0 aliphatic carbocycles. The maximum atomic E-state index is 12.3. The molecule has 0 heterocycles. The van der Waals surface area contributed by atoms with Crippen molar-refractivity contribution in [1.82, 2.24) is 0 Å². The van der Waals surface area contributed by atoms with Crippen LogP contribution in [0.2, 0.25) is 0 Å². The number of hydrogen-bond donors (Lipinski definition) is 1. The van der Waals surface area contributed by atoms with Crippen molar-refractivity contribution in [2.75, 3.05) is 0 Å². The van der Waals surface area contributed by atoms with E-state index in [0.29, 0.717) is 0 Å². The second kappa shape index (κ2) is 2.35. The van der Waals surface area contributed by atoms with E-state index in [9.17, 15) is 4.39 Å². The molecule has 0 amide bonds. The Morgan fingerprint density at radius 2 is 1.86 bits per heavy atom. The average Bonchev–Trinajstić information content (AvgIpc) is 1.31. The van der Waals surface area contributed by atoms with Crippen LogP contribution in [0.4, 0.5) is 4.39 Å². The summed E-state index contributed by atoms with van der Waals surface area (Å²) in [6.07, 6.45) is 0. The molecule has 1 nitrogen and oxygen atoms in total. The average molecular weight is 141 g/mol. The quantitative estimate of drug-likeness (QED) is 0.534. The van der Waals surface area contributed by atoms with Crippen molar-refractivity contribution in [3.05, 3.63) is 0 Å². The predicted molar refractivity (Wildman–Crippen MR) is 36.9 cm³/mol. The normalized spacial score (nSPS) is 16.7. The molecular formula is C3H10FNP2. The largest absolute Gasteiger partial charge is 0.325 e. The molecule has 0 aromatic carbocycles. The first-order valence-electron chi connectivity index (χ1n) is 1.97. The summed E-state index contributed by atoms with van der Waals surface area (Å²) in [5, 5.41) is -1.39. The molecule has 0 spiro atoms. The minimum absolute atomic E-state index is 0.442. The van der Waals surface area contributed by atoms with Gasteiger partial charge in [0.2, 0.25) is 0 Å². The lowest BCUT2D eigenvalue weighted by Gasteiger charge is -2.17. The third kappa shape index (κ3) is 3.34. The number of halogens is 1. The third-order valence-corrected chi connectivity index (χ3v) is 1.75. The smallest absolute Gasteiger partial charge is 0.150 e. The molecule has 0 radical (unpaired) electrons. The van der Waals surface area contributed by atoms with Gasteiger partial charge in [0.25, 0.3) is 0 Å². The zero-order chi connectivity index (χ0) is 6.08. The summed E-state index contributed by atoms with van der Waals surface area (Å²) >= 11 is 0. The van der Waals surface area contributed by atoms with Crippen molar-refractivity contribution < 1.29 is 4.39 Å². The molecule has 44 valence electrons. The highest BCUT2D eigenvalue weighted by molar-refractivity contribution is 7.39. The van der Waals surface area contributed by atoms with Gasteiger partial charge in [0.1, 0.15) is 0 Å². The fraction of sp³-hybridized carbons (Fsp3) is 1.00. The van der Waals surface area contributed by atoms with E-state index in [2.05, 4.69) is 0 Å². The lowest BCUT2D eigenvalue weighted by atomic mass is 10.4. The van der Waals surface area contributed by atoms with E-state index in [0.717, 1.165) is 0 Å². The highest BCUT2D eigenvalue weighted by atomic mass is 31.1. The first-order chi connectivity index (χ1) is 2.94. The van der Waals surface area contributed by atoms with Crippen LogP contribution < -0.4 is 5.73 Å².